The van der Waals surface area contributed by atoms with E-state index in [1.807, 2.05) is 0 Å². The molecular formula is C27H27ClF3N3O5S3. The van der Waals surface area contributed by atoms with Gasteiger partial charge in [0.25, 0.3) is 26.0 Å². The van der Waals surface area contributed by atoms with Crippen LogP contribution in [0.5, 0.6) is 0 Å². The summed E-state index contributed by atoms with van der Waals surface area (Å²) in [7, 11) is -8.49. The van der Waals surface area contributed by atoms with Crippen molar-refractivity contribution in [3.05, 3.63) is 76.8 Å². The van der Waals surface area contributed by atoms with Gasteiger partial charge in [0, 0.05) is 29.4 Å². The Morgan fingerprint density at radius 2 is 1.43 bits per heavy atom. The number of benzene rings is 3. The Kier molecular flexibility index (Phi) is 9.40. The lowest BCUT2D eigenvalue weighted by Gasteiger charge is -2.30. The second kappa shape index (κ2) is 12.3. The van der Waals surface area contributed by atoms with E-state index in [1.54, 1.807) is 17.2 Å². The molecule has 1 aliphatic rings. The zero-order valence-corrected chi connectivity index (χ0v) is 25.6. The number of carbonyl (C=O) groups is 1. The third-order valence-electron chi connectivity index (χ3n) is 6.72. The van der Waals surface area contributed by atoms with Gasteiger partial charge in [-0.1, -0.05) is 18.5 Å². The molecular weight excluding hydrogens is 635 g/mol. The van der Waals surface area contributed by atoms with Gasteiger partial charge in [0.1, 0.15) is 0 Å². The number of piperidine rings is 1. The number of likely N-dealkylation sites (tertiary alicyclic amines) is 1. The fourth-order valence-corrected chi connectivity index (χ4v) is 7.27. The van der Waals surface area contributed by atoms with E-state index >= 15 is 0 Å². The number of carbonyl (C=O) groups excluding carboxylic acids is 1. The highest BCUT2D eigenvalue weighted by Gasteiger charge is 2.34. The van der Waals surface area contributed by atoms with E-state index in [9.17, 15) is 34.8 Å². The minimum atomic E-state index is -4.78. The standard InChI is InChI=1S/C27H27ClF3N3O5S3/c1-17-11-13-34(14-12-17)26(35)22-16-21(8-10-25(22)40-2)42(38,39)32-18-3-6-20(7-4-18)41(36,37)33-19-5-9-24(28)23(15-19)27(29,30)31/h3-10,15-17,32-33H,11-14H2,1-2H3. The molecule has 0 radical (unpaired) electrons. The molecule has 0 spiro atoms. The maximum atomic E-state index is 13.2. The van der Waals surface area contributed by atoms with Gasteiger partial charge in [-0.25, -0.2) is 16.8 Å². The third-order valence-corrected chi connectivity index (χ3v) is 10.6. The normalized spacial score (nSPS) is 15.0. The minimum absolute atomic E-state index is 0.0339. The van der Waals surface area contributed by atoms with Crippen LogP contribution in [0.3, 0.4) is 0 Å². The topological polar surface area (TPSA) is 113 Å². The average molecular weight is 662 g/mol. The summed E-state index contributed by atoms with van der Waals surface area (Å²) >= 11 is 6.92. The molecule has 0 atom stereocenters. The molecule has 0 bridgehead atoms. The van der Waals surface area contributed by atoms with Crippen LogP contribution in [-0.2, 0) is 26.2 Å². The zero-order valence-electron chi connectivity index (χ0n) is 22.4. The van der Waals surface area contributed by atoms with Crippen molar-refractivity contribution < 1.29 is 34.8 Å². The number of hydrogen-bond acceptors (Lipinski definition) is 6. The highest BCUT2D eigenvalue weighted by Crippen LogP contribution is 2.36. The van der Waals surface area contributed by atoms with Crippen molar-refractivity contribution in [2.24, 2.45) is 5.92 Å². The molecule has 1 amide bonds. The van der Waals surface area contributed by atoms with Crippen molar-refractivity contribution in [2.75, 3.05) is 28.8 Å². The molecule has 0 aliphatic carbocycles. The number of amides is 1. The number of nitrogens with zero attached hydrogens (tertiary/aromatic N) is 1. The van der Waals surface area contributed by atoms with Crippen molar-refractivity contribution in [3.63, 3.8) is 0 Å². The maximum Gasteiger partial charge on any atom is 0.417 e. The predicted octanol–water partition coefficient (Wildman–Crippen LogP) is 6.55. The molecule has 15 heteroatoms. The lowest BCUT2D eigenvalue weighted by Crippen LogP contribution is -2.38. The second-order valence-electron chi connectivity index (χ2n) is 9.76. The number of sulfonamides is 2. The Balaban J connectivity index is 1.52. The van der Waals surface area contributed by atoms with Gasteiger partial charge in [-0.2, -0.15) is 13.2 Å². The smallest absolute Gasteiger partial charge is 0.339 e. The van der Waals surface area contributed by atoms with Crippen LogP contribution in [0.25, 0.3) is 0 Å². The highest BCUT2D eigenvalue weighted by atomic mass is 35.5. The summed E-state index contributed by atoms with van der Waals surface area (Å²) in [4.78, 5) is 15.1. The number of alkyl halides is 3. The van der Waals surface area contributed by atoms with Crippen molar-refractivity contribution in [1.82, 2.24) is 4.90 Å². The SMILES string of the molecule is CSc1ccc(S(=O)(=O)Nc2ccc(S(=O)(=O)Nc3ccc(Cl)c(C(F)(F)F)c3)cc2)cc1C(=O)N1CCC(C)CC1. The number of halogens is 4. The van der Waals surface area contributed by atoms with E-state index in [4.69, 9.17) is 11.6 Å². The fourth-order valence-electron chi connectivity index (χ4n) is 4.34. The first kappa shape index (κ1) is 32.0. The van der Waals surface area contributed by atoms with Gasteiger partial charge in [-0.15, -0.1) is 11.8 Å². The number of thioether (sulfide) groups is 1. The molecule has 1 heterocycles. The summed E-state index contributed by atoms with van der Waals surface area (Å²) in [6, 6.07) is 11.5. The molecule has 0 aromatic heterocycles. The minimum Gasteiger partial charge on any atom is -0.339 e. The van der Waals surface area contributed by atoms with Crippen LogP contribution >= 0.6 is 23.4 Å². The Morgan fingerprint density at radius 1 is 0.881 bits per heavy atom. The molecule has 42 heavy (non-hydrogen) atoms. The summed E-state index contributed by atoms with van der Waals surface area (Å²) in [6.45, 7) is 3.31. The molecule has 1 fully saturated rings. The van der Waals surface area contributed by atoms with Gasteiger partial charge in [-0.05, 0) is 85.7 Å². The van der Waals surface area contributed by atoms with Gasteiger partial charge in [0.05, 0.1) is 25.9 Å². The van der Waals surface area contributed by atoms with Crippen LogP contribution in [0.2, 0.25) is 5.02 Å². The van der Waals surface area contributed by atoms with Gasteiger partial charge in [0.15, 0.2) is 0 Å². The van der Waals surface area contributed by atoms with Crippen LogP contribution < -0.4 is 9.44 Å². The number of hydrogen-bond donors (Lipinski definition) is 2. The zero-order chi connectivity index (χ0) is 30.9. The van der Waals surface area contributed by atoms with E-state index in [0.717, 1.165) is 37.1 Å². The quantitative estimate of drug-likeness (QED) is 0.265. The van der Waals surface area contributed by atoms with E-state index in [1.165, 1.54) is 36.0 Å². The Labute approximate surface area is 251 Å². The summed E-state index contributed by atoms with van der Waals surface area (Å²) in [5.41, 5.74) is -1.24. The van der Waals surface area contributed by atoms with Gasteiger partial charge in [-0.3, -0.25) is 14.2 Å². The van der Waals surface area contributed by atoms with Crippen molar-refractivity contribution in [2.45, 2.75) is 40.6 Å². The number of rotatable bonds is 8. The monoisotopic (exact) mass is 661 g/mol. The molecule has 226 valence electrons. The largest absolute Gasteiger partial charge is 0.417 e. The molecule has 0 saturated carbocycles. The summed E-state index contributed by atoms with van der Waals surface area (Å²) in [5, 5.41) is -0.581. The van der Waals surface area contributed by atoms with Gasteiger partial charge >= 0.3 is 6.18 Å². The van der Waals surface area contributed by atoms with Crippen LogP contribution in [0.4, 0.5) is 24.5 Å². The third kappa shape index (κ3) is 7.33. The first-order valence-corrected chi connectivity index (χ1v) is 17.2. The second-order valence-corrected chi connectivity index (χ2v) is 14.4. The molecule has 8 nitrogen and oxygen atoms in total. The summed E-state index contributed by atoms with van der Waals surface area (Å²) in [6.07, 6.45) is -1.25. The first-order valence-electron chi connectivity index (χ1n) is 12.6. The van der Waals surface area contributed by atoms with Crippen LogP contribution in [0.15, 0.2) is 75.4 Å². The van der Waals surface area contributed by atoms with E-state index in [0.29, 0.717) is 30.0 Å². The predicted molar refractivity (Wildman–Crippen MR) is 157 cm³/mol. The van der Waals surface area contributed by atoms with Gasteiger partial charge < -0.3 is 4.90 Å². The molecule has 0 unspecified atom stereocenters. The Hall–Kier alpha value is -2.94. The summed E-state index contributed by atoms with van der Waals surface area (Å²) < 4.78 is 95.8. The first-order chi connectivity index (χ1) is 19.6. The molecule has 2 N–H and O–H groups in total. The van der Waals surface area contributed by atoms with Crippen molar-refractivity contribution in [1.29, 1.82) is 0 Å². The lowest BCUT2D eigenvalue weighted by molar-refractivity contribution is -0.137. The van der Waals surface area contributed by atoms with E-state index in [-0.39, 0.29) is 32.6 Å². The molecule has 1 saturated heterocycles. The highest BCUT2D eigenvalue weighted by molar-refractivity contribution is 7.98. The molecule has 1 aliphatic heterocycles. The Morgan fingerprint density at radius 3 is 2.02 bits per heavy atom. The van der Waals surface area contributed by atoms with E-state index in [2.05, 4.69) is 16.4 Å². The average Bonchev–Trinajstić information content (AvgIpc) is 2.93. The van der Waals surface area contributed by atoms with Crippen LogP contribution in [0, 0.1) is 5.92 Å². The summed E-state index contributed by atoms with van der Waals surface area (Å²) in [5.74, 6) is 0.273. The number of anilines is 2. The lowest BCUT2D eigenvalue weighted by atomic mass is 9.98. The molecule has 4 rings (SSSR count). The van der Waals surface area contributed by atoms with Gasteiger partial charge in [0.2, 0.25) is 0 Å². The number of nitrogens with one attached hydrogen (secondary N) is 2. The Bertz CT molecular complexity index is 1690. The van der Waals surface area contributed by atoms with Crippen molar-refractivity contribution >= 4 is 60.7 Å². The molecule has 3 aromatic carbocycles. The molecule has 3 aromatic rings. The fraction of sp³-hybridized carbons (Fsp3) is 0.296. The van der Waals surface area contributed by atoms with E-state index < -0.39 is 36.8 Å². The van der Waals surface area contributed by atoms with Crippen LogP contribution in [-0.4, -0.2) is 47.0 Å². The van der Waals surface area contributed by atoms with Crippen molar-refractivity contribution in [3.8, 4) is 0 Å². The maximum absolute atomic E-state index is 13.2. The van der Waals surface area contributed by atoms with Crippen LogP contribution in [0.1, 0.15) is 35.7 Å².